The number of aliphatic hydroxyl groups excluding tert-OH is 1. The van der Waals surface area contributed by atoms with E-state index in [1.807, 2.05) is 0 Å². The van der Waals surface area contributed by atoms with Crippen molar-refractivity contribution in [2.45, 2.75) is 83.8 Å². The third-order valence-corrected chi connectivity index (χ3v) is 8.65. The Morgan fingerprint density at radius 1 is 0.955 bits per heavy atom. The molecular formula is C20H32O2. The van der Waals surface area contributed by atoms with Crippen LogP contribution in [0.25, 0.3) is 0 Å². The van der Waals surface area contributed by atoms with Crippen LogP contribution in [-0.4, -0.2) is 21.9 Å². The molecule has 0 bridgehead atoms. The van der Waals surface area contributed by atoms with Crippen LogP contribution in [0.5, 0.6) is 0 Å². The number of rotatable bonds is 0. The van der Waals surface area contributed by atoms with Gasteiger partial charge in [-0.3, -0.25) is 0 Å². The van der Waals surface area contributed by atoms with Gasteiger partial charge in [-0.2, -0.15) is 0 Å². The molecule has 0 amide bonds. The van der Waals surface area contributed by atoms with Crippen molar-refractivity contribution in [1.82, 2.24) is 0 Å². The second kappa shape index (κ2) is 4.60. The monoisotopic (exact) mass is 304 g/mol. The molecule has 0 aromatic heterocycles. The van der Waals surface area contributed by atoms with Gasteiger partial charge in [-0.05, 0) is 86.9 Å². The van der Waals surface area contributed by atoms with Crippen molar-refractivity contribution in [3.05, 3.63) is 11.6 Å². The highest BCUT2D eigenvalue weighted by atomic mass is 16.3. The Morgan fingerprint density at radius 2 is 1.68 bits per heavy atom. The molecule has 2 heteroatoms. The summed E-state index contributed by atoms with van der Waals surface area (Å²) in [6, 6.07) is 0. The van der Waals surface area contributed by atoms with E-state index in [1.54, 1.807) is 5.57 Å². The summed E-state index contributed by atoms with van der Waals surface area (Å²) in [6.07, 6.45) is 11.1. The molecule has 3 saturated carbocycles. The first-order chi connectivity index (χ1) is 10.3. The number of hydrogen-bond donors (Lipinski definition) is 2. The van der Waals surface area contributed by atoms with Gasteiger partial charge in [0.2, 0.25) is 0 Å². The molecular weight excluding hydrogens is 272 g/mol. The fourth-order valence-corrected chi connectivity index (χ4v) is 6.95. The second-order valence-corrected chi connectivity index (χ2v) is 9.40. The molecule has 22 heavy (non-hydrogen) atoms. The van der Waals surface area contributed by atoms with Crippen LogP contribution < -0.4 is 0 Å². The largest absolute Gasteiger partial charge is 0.390 e. The Balaban J connectivity index is 1.68. The highest BCUT2D eigenvalue weighted by molar-refractivity contribution is 5.26. The lowest BCUT2D eigenvalue weighted by atomic mass is 9.46. The minimum Gasteiger partial charge on any atom is -0.390 e. The van der Waals surface area contributed by atoms with E-state index >= 15 is 0 Å². The number of allylic oxidation sites excluding steroid dienone is 1. The van der Waals surface area contributed by atoms with E-state index in [0.29, 0.717) is 11.3 Å². The van der Waals surface area contributed by atoms with E-state index in [2.05, 4.69) is 26.8 Å². The van der Waals surface area contributed by atoms with Gasteiger partial charge in [-0.15, -0.1) is 0 Å². The van der Waals surface area contributed by atoms with Crippen LogP contribution in [0.2, 0.25) is 0 Å². The molecule has 4 rings (SSSR count). The summed E-state index contributed by atoms with van der Waals surface area (Å²) >= 11 is 0. The maximum atomic E-state index is 10.9. The lowest BCUT2D eigenvalue weighted by Gasteiger charge is -2.59. The topological polar surface area (TPSA) is 40.5 Å². The van der Waals surface area contributed by atoms with E-state index in [4.69, 9.17) is 0 Å². The van der Waals surface area contributed by atoms with E-state index in [-0.39, 0.29) is 11.5 Å². The molecule has 7 atom stereocenters. The van der Waals surface area contributed by atoms with Crippen LogP contribution in [0.4, 0.5) is 0 Å². The van der Waals surface area contributed by atoms with Crippen LogP contribution in [-0.2, 0) is 0 Å². The summed E-state index contributed by atoms with van der Waals surface area (Å²) in [5.74, 6) is 2.25. The molecule has 0 spiro atoms. The average Bonchev–Trinajstić information content (AvgIpc) is 2.70. The van der Waals surface area contributed by atoms with Crippen LogP contribution in [0, 0.1) is 28.6 Å². The molecule has 2 unspecified atom stereocenters. The van der Waals surface area contributed by atoms with Gasteiger partial charge < -0.3 is 10.2 Å². The van der Waals surface area contributed by atoms with Gasteiger partial charge >= 0.3 is 0 Å². The van der Waals surface area contributed by atoms with Crippen LogP contribution in [0.15, 0.2) is 11.6 Å². The zero-order valence-electron chi connectivity index (χ0n) is 14.4. The quantitative estimate of drug-likeness (QED) is 0.663. The molecule has 4 aliphatic rings. The van der Waals surface area contributed by atoms with Gasteiger partial charge in [0.1, 0.15) is 0 Å². The van der Waals surface area contributed by atoms with E-state index in [9.17, 15) is 10.2 Å². The second-order valence-electron chi connectivity index (χ2n) is 9.40. The summed E-state index contributed by atoms with van der Waals surface area (Å²) < 4.78 is 0. The first kappa shape index (κ1) is 15.2. The van der Waals surface area contributed by atoms with Crippen molar-refractivity contribution in [2.24, 2.45) is 28.6 Å². The molecule has 0 saturated heterocycles. The Hall–Kier alpha value is -0.340. The van der Waals surface area contributed by atoms with Crippen LogP contribution in [0.3, 0.4) is 0 Å². The lowest BCUT2D eigenvalue weighted by molar-refractivity contribution is -0.118. The predicted octanol–water partition coefficient (Wildman–Crippen LogP) is 4.06. The number of aliphatic hydroxyl groups is 2. The van der Waals surface area contributed by atoms with E-state index in [1.165, 1.54) is 32.1 Å². The molecule has 0 heterocycles. The Morgan fingerprint density at radius 3 is 2.45 bits per heavy atom. The van der Waals surface area contributed by atoms with Gasteiger partial charge in [0.15, 0.2) is 0 Å². The number of fused-ring (bicyclic) bond motifs is 5. The molecule has 2 nitrogen and oxygen atoms in total. The highest BCUT2D eigenvalue weighted by Crippen LogP contribution is 2.67. The fourth-order valence-electron chi connectivity index (χ4n) is 6.95. The fraction of sp³-hybridized carbons (Fsp3) is 0.900. The average molecular weight is 304 g/mol. The molecule has 124 valence electrons. The third kappa shape index (κ3) is 1.80. The smallest absolute Gasteiger partial charge is 0.0724 e. The molecule has 4 aliphatic carbocycles. The minimum absolute atomic E-state index is 0.125. The standard InChI is InChI=1S/C20H32O2/c1-18-9-6-14(21)12-13(18)4-5-15-16(18)7-10-19(2)17(15)8-11-20(19,3)22/h12,14-17,21-22H,4-11H2,1-3H3/t14?,15-,16-,17+,18+,19+,20?/m1/s1. The van der Waals surface area contributed by atoms with Gasteiger partial charge in [0.05, 0.1) is 11.7 Å². The summed E-state index contributed by atoms with van der Waals surface area (Å²) in [4.78, 5) is 0. The first-order valence-electron chi connectivity index (χ1n) is 9.40. The Labute approximate surface area is 135 Å². The van der Waals surface area contributed by atoms with Gasteiger partial charge in [-0.25, -0.2) is 0 Å². The summed E-state index contributed by atoms with van der Waals surface area (Å²) in [5.41, 5.74) is 1.51. The molecule has 3 fully saturated rings. The van der Waals surface area contributed by atoms with Crippen molar-refractivity contribution in [1.29, 1.82) is 0 Å². The summed E-state index contributed by atoms with van der Waals surface area (Å²) in [6.45, 7) is 6.91. The van der Waals surface area contributed by atoms with Crippen molar-refractivity contribution >= 4 is 0 Å². The van der Waals surface area contributed by atoms with Gasteiger partial charge in [-0.1, -0.05) is 25.5 Å². The van der Waals surface area contributed by atoms with Crippen LogP contribution in [0.1, 0.15) is 72.1 Å². The minimum atomic E-state index is -0.470. The molecule has 0 aromatic carbocycles. The zero-order valence-corrected chi connectivity index (χ0v) is 14.4. The van der Waals surface area contributed by atoms with Gasteiger partial charge in [0, 0.05) is 0 Å². The Bertz CT molecular complexity index is 508. The lowest BCUT2D eigenvalue weighted by Crippen LogP contribution is -2.54. The SMILES string of the molecule is CC1(O)CC[C@H]2[C@@H]3CCC4=CC(O)CC[C@]4(C)[C@@H]3CC[C@@]21C. The van der Waals surface area contributed by atoms with Crippen molar-refractivity contribution in [3.63, 3.8) is 0 Å². The van der Waals surface area contributed by atoms with Crippen molar-refractivity contribution < 1.29 is 10.2 Å². The molecule has 0 aromatic rings. The summed E-state index contributed by atoms with van der Waals surface area (Å²) in [7, 11) is 0. The Kier molecular flexibility index (Phi) is 3.18. The van der Waals surface area contributed by atoms with Crippen LogP contribution >= 0.6 is 0 Å². The zero-order chi connectivity index (χ0) is 15.8. The van der Waals surface area contributed by atoms with E-state index < -0.39 is 5.60 Å². The third-order valence-electron chi connectivity index (χ3n) is 8.65. The van der Waals surface area contributed by atoms with E-state index in [0.717, 1.165) is 31.1 Å². The molecule has 0 radical (unpaired) electrons. The summed E-state index contributed by atoms with van der Waals surface area (Å²) in [5, 5.41) is 20.9. The maximum Gasteiger partial charge on any atom is 0.0724 e. The van der Waals surface area contributed by atoms with Crippen molar-refractivity contribution in [2.75, 3.05) is 0 Å². The first-order valence-corrected chi connectivity index (χ1v) is 9.40. The normalized spacial score (nSPS) is 57.6. The number of hydrogen-bond acceptors (Lipinski definition) is 2. The van der Waals surface area contributed by atoms with Crippen molar-refractivity contribution in [3.8, 4) is 0 Å². The maximum absolute atomic E-state index is 10.9. The van der Waals surface area contributed by atoms with Gasteiger partial charge in [0.25, 0.3) is 0 Å². The molecule has 2 N–H and O–H groups in total. The highest BCUT2D eigenvalue weighted by Gasteiger charge is 2.62. The predicted molar refractivity (Wildman–Crippen MR) is 88.3 cm³/mol. The molecule has 0 aliphatic heterocycles.